The molecule has 1 N–H and O–H groups in total. The van der Waals surface area contributed by atoms with Crippen LogP contribution in [0.5, 0.6) is 0 Å². The highest BCUT2D eigenvalue weighted by atomic mass is 32.2. The molecule has 4 rings (SSSR count). The minimum absolute atomic E-state index is 0.0887. The van der Waals surface area contributed by atoms with E-state index in [0.29, 0.717) is 21.6 Å². The van der Waals surface area contributed by atoms with Crippen molar-refractivity contribution < 1.29 is 17.6 Å². The molecule has 7 nitrogen and oxygen atoms in total. The highest BCUT2D eigenvalue weighted by molar-refractivity contribution is 7.90. The van der Waals surface area contributed by atoms with Crippen LogP contribution in [0.1, 0.15) is 10.6 Å². The van der Waals surface area contributed by atoms with Crippen LogP contribution < -0.4 is 5.32 Å². The fourth-order valence-corrected chi connectivity index (χ4v) is 5.35. The molecule has 0 fully saturated rings. The number of amides is 1. The summed E-state index contributed by atoms with van der Waals surface area (Å²) in [6, 6.07) is 12.5. The van der Waals surface area contributed by atoms with Gasteiger partial charge in [0.05, 0.1) is 10.6 Å². The van der Waals surface area contributed by atoms with Gasteiger partial charge in [-0.25, -0.2) is 12.8 Å². The second kappa shape index (κ2) is 7.96. The highest BCUT2D eigenvalue weighted by Gasteiger charge is 2.22. The van der Waals surface area contributed by atoms with Crippen LogP contribution in [0.25, 0.3) is 10.9 Å². The van der Waals surface area contributed by atoms with Crippen molar-refractivity contribution in [2.75, 3.05) is 5.32 Å². The normalized spacial score (nSPS) is 11.7. The van der Waals surface area contributed by atoms with Gasteiger partial charge in [0, 0.05) is 17.1 Å². The number of nitrogens with one attached hydrogen (secondary N) is 1. The van der Waals surface area contributed by atoms with Crippen LogP contribution in [0.3, 0.4) is 0 Å². The Morgan fingerprint density at radius 3 is 2.70 bits per heavy atom. The number of nitrogens with zero attached hydrogens (tertiary/aromatic N) is 3. The van der Waals surface area contributed by atoms with Crippen molar-refractivity contribution in [1.82, 2.24) is 14.8 Å². The molecule has 0 radical (unpaired) electrons. The summed E-state index contributed by atoms with van der Waals surface area (Å²) in [5.74, 6) is -1.18. The first-order chi connectivity index (χ1) is 14.3. The van der Waals surface area contributed by atoms with Gasteiger partial charge in [0.15, 0.2) is 9.84 Å². The van der Waals surface area contributed by atoms with Crippen LogP contribution in [0, 0.1) is 12.7 Å². The van der Waals surface area contributed by atoms with E-state index in [-0.39, 0.29) is 23.1 Å². The summed E-state index contributed by atoms with van der Waals surface area (Å²) < 4.78 is 41.2. The maximum Gasteiger partial charge on any atom is 0.246 e. The van der Waals surface area contributed by atoms with Gasteiger partial charge in [0.25, 0.3) is 0 Å². The Hall–Kier alpha value is -3.11. The smallest absolute Gasteiger partial charge is 0.246 e. The predicted octanol–water partition coefficient (Wildman–Crippen LogP) is 3.55. The first kappa shape index (κ1) is 20.2. The number of fused-ring (bicyclic) bond motifs is 1. The predicted molar refractivity (Wildman–Crippen MR) is 113 cm³/mol. The minimum atomic E-state index is -3.77. The number of aryl methyl sites for hydroxylation is 1. The number of sulfone groups is 1. The summed E-state index contributed by atoms with van der Waals surface area (Å²) in [5, 5.41) is 12.0. The van der Waals surface area contributed by atoms with E-state index in [4.69, 9.17) is 0 Å². The fraction of sp³-hybridized carbons (Fsp3) is 0.150. The minimum Gasteiger partial charge on any atom is -0.337 e. The van der Waals surface area contributed by atoms with Gasteiger partial charge in [-0.2, -0.15) is 0 Å². The van der Waals surface area contributed by atoms with E-state index in [2.05, 4.69) is 15.5 Å². The molecule has 0 aliphatic rings. The molecule has 154 valence electrons. The van der Waals surface area contributed by atoms with E-state index >= 15 is 0 Å². The fourth-order valence-electron chi connectivity index (χ4n) is 3.18. The van der Waals surface area contributed by atoms with Crippen molar-refractivity contribution in [1.29, 1.82) is 0 Å². The van der Waals surface area contributed by atoms with Gasteiger partial charge in [-0.15, -0.1) is 10.2 Å². The maximum atomic E-state index is 13.5. The summed E-state index contributed by atoms with van der Waals surface area (Å²) in [6.45, 7) is 1.69. The lowest BCUT2D eigenvalue weighted by molar-refractivity contribution is -0.116. The van der Waals surface area contributed by atoms with Crippen molar-refractivity contribution in [2.24, 2.45) is 0 Å². The van der Waals surface area contributed by atoms with E-state index < -0.39 is 15.7 Å². The van der Waals surface area contributed by atoms with E-state index in [1.807, 2.05) is 0 Å². The van der Waals surface area contributed by atoms with Crippen molar-refractivity contribution in [3.05, 3.63) is 71.1 Å². The number of anilines is 1. The molecular weight excluding hydrogens is 427 g/mol. The molecule has 0 aliphatic heterocycles. The molecule has 2 aromatic heterocycles. The van der Waals surface area contributed by atoms with Gasteiger partial charge < -0.3 is 4.57 Å². The summed E-state index contributed by atoms with van der Waals surface area (Å²) in [5.41, 5.74) is 0.968. The number of carbonyl (C=O) groups is 1. The molecule has 2 heterocycles. The molecule has 0 saturated carbocycles. The van der Waals surface area contributed by atoms with Crippen molar-refractivity contribution in [2.45, 2.75) is 24.1 Å². The lowest BCUT2D eigenvalue weighted by Gasteiger charge is -2.04. The van der Waals surface area contributed by atoms with Gasteiger partial charge in [-0.05, 0) is 30.7 Å². The number of carbonyl (C=O) groups excluding carboxylic acids is 1. The Labute approximate surface area is 176 Å². The van der Waals surface area contributed by atoms with Gasteiger partial charge in [0.2, 0.25) is 11.0 Å². The molecular formula is C20H17FN4O3S2. The van der Waals surface area contributed by atoms with Crippen LogP contribution in [0.4, 0.5) is 9.52 Å². The van der Waals surface area contributed by atoms with Crippen molar-refractivity contribution >= 4 is 43.1 Å². The quantitative estimate of drug-likeness (QED) is 0.491. The Kier molecular flexibility index (Phi) is 5.35. The van der Waals surface area contributed by atoms with Gasteiger partial charge in [-0.3, -0.25) is 10.1 Å². The maximum absolute atomic E-state index is 13.5. The molecule has 30 heavy (non-hydrogen) atoms. The monoisotopic (exact) mass is 444 g/mol. The summed E-state index contributed by atoms with van der Waals surface area (Å²) in [7, 11) is -3.77. The molecule has 0 bridgehead atoms. The van der Waals surface area contributed by atoms with E-state index in [9.17, 15) is 17.6 Å². The van der Waals surface area contributed by atoms with E-state index in [1.54, 1.807) is 41.8 Å². The number of benzene rings is 2. The number of hydrogen-bond donors (Lipinski definition) is 1. The van der Waals surface area contributed by atoms with Gasteiger partial charge >= 0.3 is 0 Å². The topological polar surface area (TPSA) is 93.9 Å². The van der Waals surface area contributed by atoms with E-state index in [1.165, 1.54) is 35.7 Å². The number of aromatic nitrogens is 3. The first-order valence-electron chi connectivity index (χ1n) is 8.97. The zero-order valence-electron chi connectivity index (χ0n) is 15.9. The molecule has 0 aliphatic carbocycles. The Morgan fingerprint density at radius 2 is 1.97 bits per heavy atom. The largest absolute Gasteiger partial charge is 0.337 e. The average Bonchev–Trinajstić information content (AvgIpc) is 3.25. The zero-order valence-corrected chi connectivity index (χ0v) is 17.5. The number of halogens is 1. The van der Waals surface area contributed by atoms with Crippen LogP contribution >= 0.6 is 11.3 Å². The third-order valence-corrected chi connectivity index (χ3v) is 6.88. The van der Waals surface area contributed by atoms with Crippen molar-refractivity contribution in [3.8, 4) is 0 Å². The average molecular weight is 445 g/mol. The van der Waals surface area contributed by atoms with Crippen LogP contribution in [-0.4, -0.2) is 29.1 Å². The SMILES string of the molecule is Cc1nnc(NC(=O)Cn2cc(S(=O)(=O)Cc3cccc(F)c3)c3ccccc32)s1. The van der Waals surface area contributed by atoms with E-state index in [0.717, 1.165) is 5.01 Å². The van der Waals surface area contributed by atoms with Crippen molar-refractivity contribution in [3.63, 3.8) is 0 Å². The third-order valence-electron chi connectivity index (χ3n) is 4.42. The number of para-hydroxylation sites is 1. The third kappa shape index (κ3) is 4.24. The number of hydrogen-bond acceptors (Lipinski definition) is 6. The van der Waals surface area contributed by atoms with Crippen LogP contribution in [0.15, 0.2) is 59.6 Å². The molecule has 0 spiro atoms. The van der Waals surface area contributed by atoms with Crippen LogP contribution in [-0.2, 0) is 26.9 Å². The summed E-state index contributed by atoms with van der Waals surface area (Å²) in [6.07, 6.45) is 1.45. The molecule has 0 atom stereocenters. The lowest BCUT2D eigenvalue weighted by Crippen LogP contribution is -2.18. The lowest BCUT2D eigenvalue weighted by atomic mass is 10.2. The van der Waals surface area contributed by atoms with Gasteiger partial charge in [0.1, 0.15) is 17.4 Å². The second-order valence-corrected chi connectivity index (χ2v) is 9.84. The Balaban J connectivity index is 1.65. The number of rotatable bonds is 6. The molecule has 0 saturated heterocycles. The second-order valence-electron chi connectivity index (χ2n) is 6.70. The molecule has 10 heteroatoms. The standard InChI is InChI=1S/C20H17FN4O3S2/c1-13-23-24-20(29-13)22-19(26)11-25-10-18(16-7-2-3-8-17(16)25)30(27,28)12-14-5-4-6-15(21)9-14/h2-10H,11-12H2,1H3,(H,22,24,26). The summed E-state index contributed by atoms with van der Waals surface area (Å²) in [4.78, 5) is 12.5. The Bertz CT molecular complexity index is 1350. The molecule has 2 aromatic carbocycles. The first-order valence-corrected chi connectivity index (χ1v) is 11.4. The zero-order chi connectivity index (χ0) is 21.3. The summed E-state index contributed by atoms with van der Waals surface area (Å²) >= 11 is 1.25. The molecule has 4 aromatic rings. The Morgan fingerprint density at radius 1 is 1.17 bits per heavy atom. The molecule has 1 amide bonds. The van der Waals surface area contributed by atoms with Crippen LogP contribution in [0.2, 0.25) is 0 Å². The molecule has 0 unspecified atom stereocenters. The van der Waals surface area contributed by atoms with Gasteiger partial charge in [-0.1, -0.05) is 41.7 Å². The highest BCUT2D eigenvalue weighted by Crippen LogP contribution is 2.28.